The summed E-state index contributed by atoms with van der Waals surface area (Å²) >= 11 is 6.13. The van der Waals surface area contributed by atoms with Gasteiger partial charge < -0.3 is 10.1 Å². The van der Waals surface area contributed by atoms with E-state index in [9.17, 15) is 4.79 Å². The summed E-state index contributed by atoms with van der Waals surface area (Å²) in [6.45, 7) is 0.877. The number of carbonyl (C=O) groups excluding carboxylic acids is 1. The fourth-order valence-electron chi connectivity index (χ4n) is 2.16. The zero-order chi connectivity index (χ0) is 15.9. The van der Waals surface area contributed by atoms with Crippen molar-refractivity contribution in [1.29, 1.82) is 0 Å². The number of anilines is 1. The third-order valence-corrected chi connectivity index (χ3v) is 3.56. The molecule has 2 rings (SSSR count). The highest BCUT2D eigenvalue weighted by atomic mass is 35.5. The Morgan fingerprint density at radius 2 is 1.86 bits per heavy atom. The van der Waals surface area contributed by atoms with Gasteiger partial charge in [-0.25, -0.2) is 0 Å². The molecule has 1 N–H and O–H groups in total. The van der Waals surface area contributed by atoms with Gasteiger partial charge in [-0.3, -0.25) is 9.69 Å². The fourth-order valence-corrected chi connectivity index (χ4v) is 2.35. The Bertz CT molecular complexity index is 646. The zero-order valence-electron chi connectivity index (χ0n) is 12.7. The molecular weight excluding hydrogens is 300 g/mol. The van der Waals surface area contributed by atoms with Crippen LogP contribution in [0, 0.1) is 0 Å². The Hall–Kier alpha value is -2.04. The molecule has 0 saturated heterocycles. The Morgan fingerprint density at radius 1 is 1.18 bits per heavy atom. The number of ether oxygens (including phenoxy) is 1. The first-order chi connectivity index (χ1) is 10.6. The van der Waals surface area contributed by atoms with Crippen LogP contribution in [0.25, 0.3) is 0 Å². The Morgan fingerprint density at radius 3 is 2.59 bits per heavy atom. The molecule has 0 unspecified atom stereocenters. The molecule has 0 saturated carbocycles. The maximum atomic E-state index is 12.1. The predicted molar refractivity (Wildman–Crippen MR) is 89.4 cm³/mol. The van der Waals surface area contributed by atoms with Crippen molar-refractivity contribution in [3.63, 3.8) is 0 Å². The molecule has 0 atom stereocenters. The molecule has 0 aliphatic rings. The van der Waals surface area contributed by atoms with Crippen LogP contribution in [-0.4, -0.2) is 31.5 Å². The number of nitrogens with one attached hydrogen (secondary N) is 1. The fraction of sp³-hybridized carbons (Fsp3) is 0.235. The summed E-state index contributed by atoms with van der Waals surface area (Å²) in [6.07, 6.45) is 0. The van der Waals surface area contributed by atoms with E-state index >= 15 is 0 Å². The average molecular weight is 319 g/mol. The van der Waals surface area contributed by atoms with E-state index < -0.39 is 0 Å². The second-order valence-electron chi connectivity index (χ2n) is 5.01. The van der Waals surface area contributed by atoms with Crippen LogP contribution < -0.4 is 10.1 Å². The van der Waals surface area contributed by atoms with E-state index in [-0.39, 0.29) is 12.5 Å². The van der Waals surface area contributed by atoms with Crippen LogP contribution in [0.15, 0.2) is 48.5 Å². The standard InChI is InChI=1S/C17H19ClN2O2/c1-20(11-13-7-3-4-8-14(13)18)12-17(21)19-15-9-5-6-10-16(15)22-2/h3-10H,11-12H2,1-2H3,(H,19,21). The van der Waals surface area contributed by atoms with Crippen molar-refractivity contribution in [3.8, 4) is 5.75 Å². The van der Waals surface area contributed by atoms with Crippen LogP contribution in [-0.2, 0) is 11.3 Å². The van der Waals surface area contributed by atoms with Gasteiger partial charge >= 0.3 is 0 Å². The minimum atomic E-state index is -0.0981. The van der Waals surface area contributed by atoms with Crippen LogP contribution in [0.5, 0.6) is 5.75 Å². The summed E-state index contributed by atoms with van der Waals surface area (Å²) in [7, 11) is 3.46. The van der Waals surface area contributed by atoms with Crippen molar-refractivity contribution >= 4 is 23.2 Å². The third-order valence-electron chi connectivity index (χ3n) is 3.19. The van der Waals surface area contributed by atoms with Gasteiger partial charge in [-0.1, -0.05) is 41.9 Å². The SMILES string of the molecule is COc1ccccc1NC(=O)CN(C)Cc1ccccc1Cl. The van der Waals surface area contributed by atoms with Gasteiger partial charge in [0.1, 0.15) is 5.75 Å². The van der Waals surface area contributed by atoms with Crippen LogP contribution in [0.1, 0.15) is 5.56 Å². The number of para-hydroxylation sites is 2. The molecule has 0 radical (unpaired) electrons. The van der Waals surface area contributed by atoms with Crippen LogP contribution in [0.4, 0.5) is 5.69 Å². The molecule has 116 valence electrons. The lowest BCUT2D eigenvalue weighted by atomic mass is 10.2. The molecule has 0 fully saturated rings. The average Bonchev–Trinajstić information content (AvgIpc) is 2.50. The van der Waals surface area contributed by atoms with Crippen LogP contribution >= 0.6 is 11.6 Å². The summed E-state index contributed by atoms with van der Waals surface area (Å²) in [5, 5.41) is 3.56. The molecule has 2 aromatic rings. The number of rotatable bonds is 6. The number of hydrogen-bond donors (Lipinski definition) is 1. The summed E-state index contributed by atoms with van der Waals surface area (Å²) in [6, 6.07) is 15.0. The minimum Gasteiger partial charge on any atom is -0.495 e. The van der Waals surface area contributed by atoms with Crippen molar-refractivity contribution in [1.82, 2.24) is 4.90 Å². The van der Waals surface area contributed by atoms with Crippen LogP contribution in [0.3, 0.4) is 0 Å². The first kappa shape index (κ1) is 16.3. The number of amides is 1. The molecule has 0 bridgehead atoms. The number of hydrogen-bond acceptors (Lipinski definition) is 3. The first-order valence-corrected chi connectivity index (χ1v) is 7.32. The third kappa shape index (κ3) is 4.48. The number of carbonyl (C=O) groups is 1. The molecular formula is C17H19ClN2O2. The smallest absolute Gasteiger partial charge is 0.238 e. The molecule has 1 amide bonds. The largest absolute Gasteiger partial charge is 0.495 e. The lowest BCUT2D eigenvalue weighted by Crippen LogP contribution is -2.30. The summed E-state index contributed by atoms with van der Waals surface area (Å²) in [4.78, 5) is 14.0. The lowest BCUT2D eigenvalue weighted by Gasteiger charge is -2.17. The topological polar surface area (TPSA) is 41.6 Å². The van der Waals surface area contributed by atoms with E-state index in [1.54, 1.807) is 7.11 Å². The molecule has 0 heterocycles. The number of likely N-dealkylation sites (N-methyl/N-ethyl adjacent to an activating group) is 1. The molecule has 22 heavy (non-hydrogen) atoms. The maximum absolute atomic E-state index is 12.1. The number of benzene rings is 2. The van der Waals surface area contributed by atoms with E-state index in [1.165, 1.54) is 0 Å². The second-order valence-corrected chi connectivity index (χ2v) is 5.42. The van der Waals surface area contributed by atoms with Gasteiger partial charge in [0.05, 0.1) is 19.3 Å². The molecule has 4 nitrogen and oxygen atoms in total. The molecule has 0 aromatic heterocycles. The molecule has 0 spiro atoms. The normalized spacial score (nSPS) is 10.5. The van der Waals surface area contributed by atoms with Gasteiger partial charge in [0.2, 0.25) is 5.91 Å². The molecule has 2 aromatic carbocycles. The van der Waals surface area contributed by atoms with Crippen LogP contribution in [0.2, 0.25) is 5.02 Å². The predicted octanol–water partition coefficient (Wildman–Crippen LogP) is 3.42. The Labute approximate surface area is 135 Å². The number of halogens is 1. The van der Waals surface area contributed by atoms with Gasteiger partial charge in [0.25, 0.3) is 0 Å². The lowest BCUT2D eigenvalue weighted by molar-refractivity contribution is -0.117. The highest BCUT2D eigenvalue weighted by Gasteiger charge is 2.11. The summed E-state index contributed by atoms with van der Waals surface area (Å²) < 4.78 is 5.22. The highest BCUT2D eigenvalue weighted by Crippen LogP contribution is 2.23. The number of nitrogens with zero attached hydrogens (tertiary/aromatic N) is 1. The Balaban J connectivity index is 1.93. The summed E-state index contributed by atoms with van der Waals surface area (Å²) in [5.41, 5.74) is 1.66. The zero-order valence-corrected chi connectivity index (χ0v) is 13.4. The molecule has 5 heteroatoms. The van der Waals surface area contributed by atoms with Gasteiger partial charge in [0.15, 0.2) is 0 Å². The minimum absolute atomic E-state index is 0.0981. The van der Waals surface area contributed by atoms with Gasteiger partial charge in [-0.05, 0) is 30.8 Å². The van der Waals surface area contributed by atoms with Crippen molar-refractivity contribution < 1.29 is 9.53 Å². The van der Waals surface area contributed by atoms with Crippen molar-refractivity contribution in [2.75, 3.05) is 26.0 Å². The van der Waals surface area contributed by atoms with E-state index in [2.05, 4.69) is 5.32 Å². The van der Waals surface area contributed by atoms with Gasteiger partial charge in [-0.15, -0.1) is 0 Å². The molecule has 0 aliphatic carbocycles. The van der Waals surface area contributed by atoms with Crippen molar-refractivity contribution in [2.45, 2.75) is 6.54 Å². The van der Waals surface area contributed by atoms with E-state index in [0.29, 0.717) is 23.0 Å². The highest BCUT2D eigenvalue weighted by molar-refractivity contribution is 6.31. The quantitative estimate of drug-likeness (QED) is 0.887. The second kappa shape index (κ2) is 7.82. The van der Waals surface area contributed by atoms with E-state index in [1.807, 2.05) is 60.5 Å². The van der Waals surface area contributed by atoms with Crippen molar-refractivity contribution in [3.05, 3.63) is 59.1 Å². The summed E-state index contributed by atoms with van der Waals surface area (Å²) in [5.74, 6) is 0.545. The monoisotopic (exact) mass is 318 g/mol. The van der Waals surface area contributed by atoms with Gasteiger partial charge in [0, 0.05) is 11.6 Å². The van der Waals surface area contributed by atoms with Crippen molar-refractivity contribution in [2.24, 2.45) is 0 Å². The number of methoxy groups -OCH3 is 1. The van der Waals surface area contributed by atoms with E-state index in [0.717, 1.165) is 5.56 Å². The molecule has 0 aliphatic heterocycles. The van der Waals surface area contributed by atoms with E-state index in [4.69, 9.17) is 16.3 Å². The Kier molecular flexibility index (Phi) is 5.81. The maximum Gasteiger partial charge on any atom is 0.238 e. The van der Waals surface area contributed by atoms with Gasteiger partial charge in [-0.2, -0.15) is 0 Å². The first-order valence-electron chi connectivity index (χ1n) is 6.95.